The summed E-state index contributed by atoms with van der Waals surface area (Å²) >= 11 is 2.09. The molecule has 1 aliphatic heterocycles. The van der Waals surface area contributed by atoms with Crippen LogP contribution < -0.4 is 10.6 Å². The number of nitrogens with one attached hydrogen (secondary N) is 2. The Hall–Kier alpha value is -1.11. The van der Waals surface area contributed by atoms with Gasteiger partial charge in [-0.05, 0) is 41.6 Å². The van der Waals surface area contributed by atoms with Crippen LogP contribution in [0.1, 0.15) is 17.3 Å². The smallest absolute Gasteiger partial charge is 0.254 e. The fourth-order valence-corrected chi connectivity index (χ4v) is 2.04. The number of amides is 2. The molecule has 5 heteroatoms. The average Bonchev–Trinajstić information content (AvgIpc) is 2.29. The summed E-state index contributed by atoms with van der Waals surface area (Å²) in [5, 5.41) is 5.36. The van der Waals surface area contributed by atoms with Crippen LogP contribution >= 0.6 is 22.6 Å². The van der Waals surface area contributed by atoms with Crippen molar-refractivity contribution in [3.05, 3.63) is 27.3 Å². The number of hydrogen-bond donors (Lipinski definition) is 2. The molecular formula is C10H9IN2O2. The van der Waals surface area contributed by atoms with E-state index in [0.717, 1.165) is 3.57 Å². The third-order valence-electron chi connectivity index (χ3n) is 2.25. The maximum atomic E-state index is 11.7. The van der Waals surface area contributed by atoms with Gasteiger partial charge in [0.1, 0.15) is 6.04 Å². The van der Waals surface area contributed by atoms with Crippen LogP contribution in [0.15, 0.2) is 18.2 Å². The van der Waals surface area contributed by atoms with E-state index in [0.29, 0.717) is 11.3 Å². The highest BCUT2D eigenvalue weighted by molar-refractivity contribution is 14.1. The van der Waals surface area contributed by atoms with Crippen molar-refractivity contribution in [3.63, 3.8) is 0 Å². The zero-order valence-electron chi connectivity index (χ0n) is 8.00. The minimum Gasteiger partial charge on any atom is -0.340 e. The first kappa shape index (κ1) is 10.4. The predicted octanol–water partition coefficient (Wildman–Crippen LogP) is 1.36. The van der Waals surface area contributed by atoms with Gasteiger partial charge in [0.25, 0.3) is 5.91 Å². The number of rotatable bonds is 0. The van der Waals surface area contributed by atoms with E-state index >= 15 is 0 Å². The Morgan fingerprint density at radius 3 is 2.80 bits per heavy atom. The molecular weight excluding hydrogens is 307 g/mol. The topological polar surface area (TPSA) is 58.2 Å². The van der Waals surface area contributed by atoms with E-state index in [1.54, 1.807) is 19.1 Å². The second kappa shape index (κ2) is 3.80. The zero-order valence-corrected chi connectivity index (χ0v) is 10.2. The van der Waals surface area contributed by atoms with Gasteiger partial charge in [-0.25, -0.2) is 0 Å². The number of carbonyl (C=O) groups is 2. The molecule has 0 fully saturated rings. The van der Waals surface area contributed by atoms with E-state index in [9.17, 15) is 9.59 Å². The number of halogens is 1. The van der Waals surface area contributed by atoms with Gasteiger partial charge in [0.15, 0.2) is 0 Å². The van der Waals surface area contributed by atoms with Crippen LogP contribution in [0, 0.1) is 3.57 Å². The number of hydrogen-bond acceptors (Lipinski definition) is 2. The molecule has 2 amide bonds. The Bertz CT molecular complexity index is 445. The first-order valence-corrected chi connectivity index (χ1v) is 5.57. The minimum absolute atomic E-state index is 0.189. The van der Waals surface area contributed by atoms with Crippen molar-refractivity contribution in [3.8, 4) is 0 Å². The summed E-state index contributed by atoms with van der Waals surface area (Å²) in [6.45, 7) is 1.66. The Kier molecular flexibility index (Phi) is 2.64. The van der Waals surface area contributed by atoms with Gasteiger partial charge in [-0.1, -0.05) is 6.07 Å². The fourth-order valence-electron chi connectivity index (χ4n) is 1.41. The van der Waals surface area contributed by atoms with Crippen LogP contribution in [0.4, 0.5) is 5.69 Å². The first-order valence-electron chi connectivity index (χ1n) is 4.50. The number of para-hydroxylation sites is 1. The molecule has 0 aliphatic carbocycles. The third-order valence-corrected chi connectivity index (χ3v) is 3.15. The van der Waals surface area contributed by atoms with Crippen molar-refractivity contribution in [2.75, 3.05) is 5.32 Å². The summed E-state index contributed by atoms with van der Waals surface area (Å²) in [5.74, 6) is -0.402. The molecule has 0 spiro atoms. The Morgan fingerprint density at radius 1 is 1.33 bits per heavy atom. The van der Waals surface area contributed by atoms with Gasteiger partial charge in [-0.3, -0.25) is 9.59 Å². The summed E-state index contributed by atoms with van der Waals surface area (Å²) in [6, 6.07) is 4.84. The van der Waals surface area contributed by atoms with Crippen LogP contribution in [0.25, 0.3) is 0 Å². The molecule has 15 heavy (non-hydrogen) atoms. The SMILES string of the molecule is CC1NC(=O)c2cccc(I)c2NC1=O. The molecule has 4 nitrogen and oxygen atoms in total. The Balaban J connectivity index is 2.56. The van der Waals surface area contributed by atoms with Crippen molar-refractivity contribution < 1.29 is 9.59 Å². The lowest BCUT2D eigenvalue weighted by atomic mass is 10.1. The molecule has 1 aromatic carbocycles. The van der Waals surface area contributed by atoms with Crippen molar-refractivity contribution in [2.24, 2.45) is 0 Å². The minimum atomic E-state index is -0.499. The maximum absolute atomic E-state index is 11.7. The largest absolute Gasteiger partial charge is 0.340 e. The number of carbonyl (C=O) groups excluding carboxylic acids is 2. The van der Waals surface area contributed by atoms with E-state index in [1.807, 2.05) is 6.07 Å². The molecule has 0 saturated carbocycles. The van der Waals surface area contributed by atoms with E-state index in [1.165, 1.54) is 0 Å². The summed E-state index contributed by atoms with van der Waals surface area (Å²) in [6.07, 6.45) is 0. The molecule has 78 valence electrons. The molecule has 0 aromatic heterocycles. The van der Waals surface area contributed by atoms with Crippen molar-refractivity contribution >= 4 is 40.1 Å². The molecule has 0 radical (unpaired) electrons. The third kappa shape index (κ3) is 1.83. The van der Waals surface area contributed by atoms with Crippen LogP contribution in [-0.2, 0) is 4.79 Å². The molecule has 1 aromatic rings. The van der Waals surface area contributed by atoms with Gasteiger partial charge < -0.3 is 10.6 Å². The van der Waals surface area contributed by atoms with Crippen LogP contribution in [0.2, 0.25) is 0 Å². The standard InChI is InChI=1S/C10H9IN2O2/c1-5-9(14)13-8-6(10(15)12-5)3-2-4-7(8)11/h2-5H,1H3,(H,12,15)(H,13,14). The normalized spacial score (nSPS) is 20.0. The maximum Gasteiger partial charge on any atom is 0.254 e. The number of benzene rings is 1. The summed E-state index contributed by atoms with van der Waals surface area (Å²) in [4.78, 5) is 23.3. The fraction of sp³-hybridized carbons (Fsp3) is 0.200. The molecule has 1 unspecified atom stereocenters. The van der Waals surface area contributed by atoms with E-state index < -0.39 is 6.04 Å². The molecule has 2 N–H and O–H groups in total. The quantitative estimate of drug-likeness (QED) is 0.710. The van der Waals surface area contributed by atoms with E-state index in [2.05, 4.69) is 33.2 Å². The summed E-state index contributed by atoms with van der Waals surface area (Å²) in [7, 11) is 0. The van der Waals surface area contributed by atoms with Crippen LogP contribution in [-0.4, -0.2) is 17.9 Å². The lowest BCUT2D eigenvalue weighted by Crippen LogP contribution is -2.38. The Morgan fingerprint density at radius 2 is 2.07 bits per heavy atom. The molecule has 1 heterocycles. The zero-order chi connectivity index (χ0) is 11.0. The highest BCUT2D eigenvalue weighted by atomic mass is 127. The molecule has 0 bridgehead atoms. The van der Waals surface area contributed by atoms with Gasteiger partial charge in [0, 0.05) is 3.57 Å². The van der Waals surface area contributed by atoms with Gasteiger partial charge in [-0.15, -0.1) is 0 Å². The highest BCUT2D eigenvalue weighted by Crippen LogP contribution is 2.24. The molecule has 1 aliphatic rings. The average molecular weight is 316 g/mol. The van der Waals surface area contributed by atoms with E-state index in [4.69, 9.17) is 0 Å². The second-order valence-electron chi connectivity index (χ2n) is 3.35. The second-order valence-corrected chi connectivity index (χ2v) is 4.51. The van der Waals surface area contributed by atoms with Crippen LogP contribution in [0.3, 0.4) is 0 Å². The molecule has 2 rings (SSSR count). The van der Waals surface area contributed by atoms with Crippen molar-refractivity contribution in [1.29, 1.82) is 0 Å². The monoisotopic (exact) mass is 316 g/mol. The van der Waals surface area contributed by atoms with Crippen molar-refractivity contribution in [1.82, 2.24) is 5.32 Å². The lowest BCUT2D eigenvalue weighted by Gasteiger charge is -2.07. The predicted molar refractivity (Wildman–Crippen MR) is 64.7 cm³/mol. The van der Waals surface area contributed by atoms with E-state index in [-0.39, 0.29) is 11.8 Å². The molecule has 0 saturated heterocycles. The van der Waals surface area contributed by atoms with Crippen molar-refractivity contribution in [2.45, 2.75) is 13.0 Å². The number of anilines is 1. The van der Waals surface area contributed by atoms with Gasteiger partial charge in [0.05, 0.1) is 11.3 Å². The number of fused-ring (bicyclic) bond motifs is 1. The van der Waals surface area contributed by atoms with Gasteiger partial charge >= 0.3 is 0 Å². The summed E-state index contributed by atoms with van der Waals surface area (Å²) in [5.41, 5.74) is 1.12. The summed E-state index contributed by atoms with van der Waals surface area (Å²) < 4.78 is 0.864. The Labute approximate surface area is 101 Å². The van der Waals surface area contributed by atoms with Gasteiger partial charge in [-0.2, -0.15) is 0 Å². The van der Waals surface area contributed by atoms with Crippen LogP contribution in [0.5, 0.6) is 0 Å². The first-order chi connectivity index (χ1) is 7.09. The van der Waals surface area contributed by atoms with Gasteiger partial charge in [0.2, 0.25) is 5.91 Å². The highest BCUT2D eigenvalue weighted by Gasteiger charge is 2.25. The molecule has 1 atom stereocenters. The lowest BCUT2D eigenvalue weighted by molar-refractivity contribution is -0.117.